The summed E-state index contributed by atoms with van der Waals surface area (Å²) in [6.07, 6.45) is 1.22. The maximum absolute atomic E-state index is 13.0. The van der Waals surface area contributed by atoms with E-state index in [4.69, 9.17) is 16.0 Å². The number of benzene rings is 1. The number of rotatable bonds is 4. The second kappa shape index (κ2) is 4.89. The zero-order valence-corrected chi connectivity index (χ0v) is 11.4. The smallest absolute Gasteiger partial charge is 0.141 e. The van der Waals surface area contributed by atoms with Crippen LogP contribution in [0.3, 0.4) is 0 Å². The van der Waals surface area contributed by atoms with Gasteiger partial charge in [-0.2, -0.15) is 0 Å². The molecule has 0 spiro atoms. The van der Waals surface area contributed by atoms with Crippen LogP contribution >= 0.6 is 11.6 Å². The van der Waals surface area contributed by atoms with Crippen molar-refractivity contribution in [3.8, 4) is 0 Å². The molecule has 1 aliphatic rings. The molecule has 2 unspecified atom stereocenters. The fourth-order valence-electron chi connectivity index (χ4n) is 2.20. The van der Waals surface area contributed by atoms with Gasteiger partial charge >= 0.3 is 0 Å². The summed E-state index contributed by atoms with van der Waals surface area (Å²) in [6.45, 7) is 2.80. The van der Waals surface area contributed by atoms with Crippen LogP contribution in [0.15, 0.2) is 34.7 Å². The van der Waals surface area contributed by atoms with Crippen LogP contribution in [0.5, 0.6) is 0 Å². The molecule has 0 radical (unpaired) electrons. The van der Waals surface area contributed by atoms with E-state index in [2.05, 4.69) is 12.2 Å². The number of nitrogens with one attached hydrogen (secondary N) is 1. The first-order chi connectivity index (χ1) is 9.13. The average Bonchev–Trinajstić information content (AvgIpc) is 2.94. The lowest BCUT2D eigenvalue weighted by molar-refractivity contribution is 0.468. The van der Waals surface area contributed by atoms with E-state index in [9.17, 15) is 4.39 Å². The fraction of sp³-hybridized carbons (Fsp3) is 0.333. The Kier molecular flexibility index (Phi) is 3.23. The highest BCUT2D eigenvalue weighted by atomic mass is 35.5. The fourth-order valence-corrected chi connectivity index (χ4v) is 2.38. The molecule has 0 bridgehead atoms. The van der Waals surface area contributed by atoms with Crippen LogP contribution in [-0.4, -0.2) is 0 Å². The third-order valence-corrected chi connectivity index (χ3v) is 3.83. The summed E-state index contributed by atoms with van der Waals surface area (Å²) in [5, 5.41) is 3.29. The van der Waals surface area contributed by atoms with Crippen LogP contribution in [0.1, 0.15) is 30.8 Å². The third-order valence-electron chi connectivity index (χ3n) is 3.54. The van der Waals surface area contributed by atoms with E-state index in [1.165, 1.54) is 12.5 Å². The average molecular weight is 280 g/mol. The lowest BCUT2D eigenvalue weighted by Crippen LogP contribution is -1.98. The van der Waals surface area contributed by atoms with E-state index >= 15 is 0 Å². The van der Waals surface area contributed by atoms with Gasteiger partial charge in [-0.3, -0.25) is 0 Å². The monoisotopic (exact) mass is 279 g/mol. The predicted octanol–water partition coefficient (Wildman–Crippen LogP) is 4.81. The van der Waals surface area contributed by atoms with Crippen LogP contribution < -0.4 is 5.32 Å². The molecule has 1 aromatic heterocycles. The Morgan fingerprint density at radius 2 is 2.16 bits per heavy atom. The Morgan fingerprint density at radius 3 is 2.84 bits per heavy atom. The van der Waals surface area contributed by atoms with Crippen LogP contribution in [0.4, 0.5) is 10.1 Å². The van der Waals surface area contributed by atoms with Gasteiger partial charge in [-0.15, -0.1) is 0 Å². The summed E-state index contributed by atoms with van der Waals surface area (Å²) < 4.78 is 18.8. The van der Waals surface area contributed by atoms with Crippen LogP contribution in [-0.2, 0) is 6.54 Å². The second-order valence-corrected chi connectivity index (χ2v) is 5.51. The van der Waals surface area contributed by atoms with Gasteiger partial charge in [0.25, 0.3) is 0 Å². The maximum atomic E-state index is 13.0. The normalized spacial score (nSPS) is 21.4. The lowest BCUT2D eigenvalue weighted by atomic mass is 10.3. The molecule has 0 amide bonds. The maximum Gasteiger partial charge on any atom is 0.141 e. The van der Waals surface area contributed by atoms with Crippen molar-refractivity contribution in [3.05, 3.63) is 52.7 Å². The molecular weight excluding hydrogens is 265 g/mol. The summed E-state index contributed by atoms with van der Waals surface area (Å²) in [4.78, 5) is 0. The van der Waals surface area contributed by atoms with Gasteiger partial charge in [0.2, 0.25) is 0 Å². The zero-order chi connectivity index (χ0) is 13.4. The van der Waals surface area contributed by atoms with Gasteiger partial charge in [-0.1, -0.05) is 18.5 Å². The van der Waals surface area contributed by atoms with Gasteiger partial charge in [-0.25, -0.2) is 4.39 Å². The van der Waals surface area contributed by atoms with Crippen LogP contribution in [0, 0.1) is 11.7 Å². The third kappa shape index (κ3) is 2.76. The molecule has 1 heterocycles. The van der Waals surface area contributed by atoms with Crippen molar-refractivity contribution >= 4 is 17.3 Å². The van der Waals surface area contributed by atoms with E-state index in [1.807, 2.05) is 12.1 Å². The van der Waals surface area contributed by atoms with Gasteiger partial charge in [0.15, 0.2) is 0 Å². The van der Waals surface area contributed by atoms with Crippen molar-refractivity contribution in [2.45, 2.75) is 25.8 Å². The number of anilines is 1. The molecule has 4 heteroatoms. The number of hydrogen-bond acceptors (Lipinski definition) is 2. The molecule has 1 aromatic carbocycles. The van der Waals surface area contributed by atoms with E-state index in [-0.39, 0.29) is 5.02 Å². The molecule has 2 aromatic rings. The minimum atomic E-state index is -0.407. The Balaban J connectivity index is 1.62. The Labute approximate surface area is 116 Å². The minimum absolute atomic E-state index is 0.122. The highest BCUT2D eigenvalue weighted by Gasteiger charge is 2.36. The van der Waals surface area contributed by atoms with Crippen molar-refractivity contribution in [3.63, 3.8) is 0 Å². The largest absolute Gasteiger partial charge is 0.464 e. The summed E-state index contributed by atoms with van der Waals surface area (Å²) in [6, 6.07) is 8.61. The molecular formula is C15H15ClFNO. The van der Waals surface area contributed by atoms with Gasteiger partial charge in [0, 0.05) is 11.6 Å². The highest BCUT2D eigenvalue weighted by Crippen LogP contribution is 2.47. The van der Waals surface area contributed by atoms with Crippen molar-refractivity contribution in [1.29, 1.82) is 0 Å². The molecule has 100 valence electrons. The molecule has 19 heavy (non-hydrogen) atoms. The molecule has 1 saturated carbocycles. The van der Waals surface area contributed by atoms with Gasteiger partial charge in [0.1, 0.15) is 17.3 Å². The van der Waals surface area contributed by atoms with Gasteiger partial charge in [0.05, 0.1) is 11.6 Å². The van der Waals surface area contributed by atoms with Crippen molar-refractivity contribution in [2.75, 3.05) is 5.32 Å². The summed E-state index contributed by atoms with van der Waals surface area (Å²) >= 11 is 5.73. The Bertz CT molecular complexity index is 596. The minimum Gasteiger partial charge on any atom is -0.464 e. The summed E-state index contributed by atoms with van der Waals surface area (Å²) in [5.41, 5.74) is 0.782. The number of furan rings is 1. The molecule has 2 nitrogen and oxygen atoms in total. The van der Waals surface area contributed by atoms with Crippen LogP contribution in [0.25, 0.3) is 0 Å². The van der Waals surface area contributed by atoms with E-state index in [0.717, 1.165) is 23.1 Å². The standard InChI is InChI=1S/C15H15ClFNO/c1-9-6-12(9)15-5-3-11(19-15)8-18-10-2-4-14(17)13(16)7-10/h2-5,7,9,12,18H,6,8H2,1H3. The van der Waals surface area contributed by atoms with Crippen LogP contribution in [0.2, 0.25) is 5.02 Å². The molecule has 1 N–H and O–H groups in total. The SMILES string of the molecule is CC1CC1c1ccc(CNc2ccc(F)c(Cl)c2)o1. The molecule has 0 aliphatic heterocycles. The first-order valence-electron chi connectivity index (χ1n) is 6.41. The molecule has 3 rings (SSSR count). The van der Waals surface area contributed by atoms with Crippen molar-refractivity contribution in [1.82, 2.24) is 0 Å². The van der Waals surface area contributed by atoms with E-state index in [0.29, 0.717) is 12.5 Å². The Hall–Kier alpha value is -1.48. The summed E-state index contributed by atoms with van der Waals surface area (Å²) in [5.74, 6) is 2.88. The molecule has 1 aliphatic carbocycles. The van der Waals surface area contributed by atoms with Gasteiger partial charge < -0.3 is 9.73 Å². The number of halogens is 2. The van der Waals surface area contributed by atoms with Gasteiger partial charge in [-0.05, 0) is 42.7 Å². The predicted molar refractivity (Wildman–Crippen MR) is 74.0 cm³/mol. The van der Waals surface area contributed by atoms with E-state index < -0.39 is 5.82 Å². The topological polar surface area (TPSA) is 25.2 Å². The first-order valence-corrected chi connectivity index (χ1v) is 6.79. The summed E-state index contributed by atoms with van der Waals surface area (Å²) in [7, 11) is 0. The van der Waals surface area contributed by atoms with Crippen molar-refractivity contribution < 1.29 is 8.81 Å². The van der Waals surface area contributed by atoms with Crippen molar-refractivity contribution in [2.24, 2.45) is 5.92 Å². The molecule has 2 atom stereocenters. The molecule has 1 fully saturated rings. The molecule has 0 saturated heterocycles. The van der Waals surface area contributed by atoms with E-state index in [1.54, 1.807) is 12.1 Å². The lowest BCUT2D eigenvalue weighted by Gasteiger charge is -2.05. The first kappa shape index (κ1) is 12.5. The second-order valence-electron chi connectivity index (χ2n) is 5.11. The Morgan fingerprint density at radius 1 is 1.37 bits per heavy atom. The highest BCUT2D eigenvalue weighted by molar-refractivity contribution is 6.31. The quantitative estimate of drug-likeness (QED) is 0.869. The number of hydrogen-bond donors (Lipinski definition) is 1. The zero-order valence-electron chi connectivity index (χ0n) is 10.6.